The van der Waals surface area contributed by atoms with Gasteiger partial charge in [0, 0.05) is 42.5 Å². The lowest BCUT2D eigenvalue weighted by Crippen LogP contribution is -2.48. The van der Waals surface area contributed by atoms with Crippen molar-refractivity contribution in [1.82, 2.24) is 19.8 Å². The lowest BCUT2D eigenvalue weighted by atomic mass is 9.92. The van der Waals surface area contributed by atoms with E-state index in [4.69, 9.17) is 4.74 Å². The van der Waals surface area contributed by atoms with E-state index in [1.165, 1.54) is 11.1 Å². The molecule has 1 aromatic heterocycles. The first kappa shape index (κ1) is 35.4. The van der Waals surface area contributed by atoms with Gasteiger partial charge in [-0.05, 0) is 103 Å². The molecule has 0 saturated heterocycles. The molecule has 12 nitrogen and oxygen atoms in total. The number of anilines is 1. The first-order valence-corrected chi connectivity index (χ1v) is 19.3. The van der Waals surface area contributed by atoms with Crippen LogP contribution in [-0.2, 0) is 26.2 Å². The molecule has 2 aliphatic carbocycles. The third-order valence-electron chi connectivity index (χ3n) is 10.3. The van der Waals surface area contributed by atoms with Crippen LogP contribution in [0.1, 0.15) is 70.6 Å². The first-order valence-electron chi connectivity index (χ1n) is 17.7. The highest BCUT2D eigenvalue weighted by Gasteiger charge is 2.47. The summed E-state index contributed by atoms with van der Waals surface area (Å²) in [6.07, 6.45) is 6.93. The number of carboxylic acid groups (broad SMARTS) is 1. The normalized spacial score (nSPS) is 18.2. The van der Waals surface area contributed by atoms with E-state index in [0.717, 1.165) is 46.7 Å². The molecule has 272 valence electrons. The Morgan fingerprint density at radius 3 is 2.63 bits per heavy atom. The van der Waals surface area contributed by atoms with Crippen LogP contribution in [0.3, 0.4) is 0 Å². The molecule has 13 heteroatoms. The number of aliphatic carboxylic acids is 1. The third-order valence-corrected chi connectivity index (χ3v) is 12.2. The fourth-order valence-corrected chi connectivity index (χ4v) is 8.34. The van der Waals surface area contributed by atoms with Crippen LogP contribution in [-0.4, -0.2) is 72.1 Å². The van der Waals surface area contributed by atoms with Gasteiger partial charge in [0.05, 0.1) is 24.6 Å². The highest BCUT2D eigenvalue weighted by atomic mass is 32.2. The van der Waals surface area contributed by atoms with Gasteiger partial charge in [-0.3, -0.25) is 14.3 Å². The lowest BCUT2D eigenvalue weighted by Gasteiger charge is -2.30. The van der Waals surface area contributed by atoms with E-state index in [-0.39, 0.29) is 11.5 Å². The highest BCUT2D eigenvalue weighted by molar-refractivity contribution is 7.90. The van der Waals surface area contributed by atoms with Gasteiger partial charge in [0.15, 0.2) is 0 Å². The Morgan fingerprint density at radius 2 is 1.85 bits per heavy atom. The van der Waals surface area contributed by atoms with Gasteiger partial charge in [0.1, 0.15) is 11.8 Å². The van der Waals surface area contributed by atoms with Crippen LogP contribution in [0, 0.1) is 19.8 Å². The average molecular weight is 726 g/mol. The van der Waals surface area contributed by atoms with Crippen LogP contribution in [0.15, 0.2) is 73.1 Å². The molecular formula is C39H43N5O7S. The molecule has 3 aromatic carbocycles. The summed E-state index contributed by atoms with van der Waals surface area (Å²) < 4.78 is 34.4. The van der Waals surface area contributed by atoms with E-state index in [9.17, 15) is 27.9 Å². The molecule has 3 N–H and O–H groups in total. The Labute approximate surface area is 303 Å². The number of benzene rings is 3. The van der Waals surface area contributed by atoms with Gasteiger partial charge >= 0.3 is 5.97 Å². The van der Waals surface area contributed by atoms with Crippen LogP contribution in [0.25, 0.3) is 11.1 Å². The number of rotatable bonds is 15. The summed E-state index contributed by atoms with van der Waals surface area (Å²) in [7, 11) is -3.60. The average Bonchev–Trinajstić information content (AvgIpc) is 4.07. The maximum Gasteiger partial charge on any atom is 0.327 e. The molecule has 7 rings (SSSR count). The van der Waals surface area contributed by atoms with E-state index in [1.807, 2.05) is 54.5 Å². The Bertz CT molecular complexity index is 2130. The van der Waals surface area contributed by atoms with E-state index in [0.29, 0.717) is 50.7 Å². The minimum atomic E-state index is -3.60. The minimum absolute atomic E-state index is 0.0992. The fraction of sp³-hybridized carbons (Fsp3) is 0.385. The molecule has 4 aromatic rings. The first-order chi connectivity index (χ1) is 25.0. The fourth-order valence-electron chi connectivity index (χ4n) is 6.95. The second kappa shape index (κ2) is 14.5. The number of carbonyl (C=O) groups is 3. The molecule has 2 heterocycles. The molecule has 1 aliphatic heterocycles. The van der Waals surface area contributed by atoms with Crippen LogP contribution in [0.4, 0.5) is 5.69 Å². The van der Waals surface area contributed by atoms with E-state index < -0.39 is 39.7 Å². The van der Waals surface area contributed by atoms with Gasteiger partial charge in [-0.15, -0.1) is 0 Å². The molecule has 0 bridgehead atoms. The van der Waals surface area contributed by atoms with Crippen molar-refractivity contribution in [2.24, 2.45) is 5.92 Å². The Hall–Kier alpha value is -5.01. The molecule has 3 aliphatic rings. The molecule has 3 atom stereocenters. The number of sulfonamides is 1. The van der Waals surface area contributed by atoms with Crippen molar-refractivity contribution in [3.05, 3.63) is 101 Å². The van der Waals surface area contributed by atoms with Gasteiger partial charge in [-0.25, -0.2) is 17.9 Å². The summed E-state index contributed by atoms with van der Waals surface area (Å²) >= 11 is 0. The van der Waals surface area contributed by atoms with Crippen LogP contribution < -0.4 is 19.7 Å². The van der Waals surface area contributed by atoms with E-state index in [1.54, 1.807) is 22.9 Å². The highest BCUT2D eigenvalue weighted by Crippen LogP contribution is 2.57. The van der Waals surface area contributed by atoms with Crippen molar-refractivity contribution in [2.75, 3.05) is 24.6 Å². The number of aromatic nitrogens is 2. The second-order valence-electron chi connectivity index (χ2n) is 14.1. The van der Waals surface area contributed by atoms with E-state index in [2.05, 4.69) is 34.2 Å². The molecule has 2 fully saturated rings. The Morgan fingerprint density at radius 1 is 1.06 bits per heavy atom. The van der Waals surface area contributed by atoms with Crippen LogP contribution in [0.2, 0.25) is 0 Å². The van der Waals surface area contributed by atoms with Gasteiger partial charge in [-0.1, -0.05) is 36.4 Å². The smallest absolute Gasteiger partial charge is 0.327 e. The van der Waals surface area contributed by atoms with Crippen molar-refractivity contribution in [2.45, 2.75) is 69.7 Å². The van der Waals surface area contributed by atoms with Gasteiger partial charge < -0.3 is 20.1 Å². The monoisotopic (exact) mass is 725 g/mol. The maximum atomic E-state index is 13.5. The van der Waals surface area contributed by atoms with Crippen LogP contribution in [0.5, 0.6) is 5.75 Å². The predicted octanol–water partition coefficient (Wildman–Crippen LogP) is 4.79. The molecule has 0 unspecified atom stereocenters. The van der Waals surface area contributed by atoms with Crippen molar-refractivity contribution in [1.29, 1.82) is 0 Å². The SMILES string of the molecule is Cc1cccc(OCCCC(=O)N2C[C@@H]3C[C@@H]3c3c(-c4cnn(Cc5cccc(C(=O)N[C@@H](CNS(=O)(=O)C6CC6)C(=O)O)c5)c4)cccc32)c1C. The Kier molecular flexibility index (Phi) is 9.90. The standard InChI is InChI=1S/C39H43N5O7S/c1-24-7-3-12-35(25(24)2)51-16-6-13-36(45)44-23-28-18-32(28)37-31(10-5-11-34(37)44)29-19-40-43(22-29)21-26-8-4-9-27(17-26)38(46)42-33(39(47)48)20-41-52(49,50)30-14-15-30/h3-5,7-12,17,19,22,28,30,32-33,41H,6,13-16,18,20-21,23H2,1-2H3,(H,42,46)(H,47,48)/t28-,32-,33-/m0/s1. The number of ether oxygens (including phenoxy) is 1. The number of aryl methyl sites for hydroxylation is 1. The summed E-state index contributed by atoms with van der Waals surface area (Å²) in [6.45, 7) is 5.23. The summed E-state index contributed by atoms with van der Waals surface area (Å²) in [6, 6.07) is 17.5. The molecule has 0 spiro atoms. The van der Waals surface area contributed by atoms with E-state index >= 15 is 0 Å². The predicted molar refractivity (Wildman–Crippen MR) is 196 cm³/mol. The number of carboxylic acids is 1. The van der Waals surface area contributed by atoms with Crippen molar-refractivity contribution < 1.29 is 32.6 Å². The number of amides is 2. The molecule has 2 amide bonds. The molecule has 52 heavy (non-hydrogen) atoms. The lowest BCUT2D eigenvalue weighted by molar-refractivity contribution is -0.139. The third kappa shape index (κ3) is 7.75. The number of hydrogen-bond donors (Lipinski definition) is 3. The minimum Gasteiger partial charge on any atom is -0.493 e. The summed E-state index contributed by atoms with van der Waals surface area (Å²) in [5, 5.41) is 16.2. The quantitative estimate of drug-likeness (QED) is 0.148. The number of hydrogen-bond acceptors (Lipinski definition) is 7. The zero-order chi connectivity index (χ0) is 36.6. The van der Waals surface area contributed by atoms with Gasteiger partial charge in [-0.2, -0.15) is 5.10 Å². The maximum absolute atomic E-state index is 13.5. The second-order valence-corrected chi connectivity index (χ2v) is 16.1. The number of nitrogens with one attached hydrogen (secondary N) is 2. The topological polar surface area (TPSA) is 160 Å². The summed E-state index contributed by atoms with van der Waals surface area (Å²) in [5.74, 6) is -0.158. The molecule has 2 saturated carbocycles. The Balaban J connectivity index is 0.996. The summed E-state index contributed by atoms with van der Waals surface area (Å²) in [5.41, 5.74) is 7.46. The van der Waals surface area contributed by atoms with Gasteiger partial charge in [0.25, 0.3) is 5.91 Å². The van der Waals surface area contributed by atoms with Crippen molar-refractivity contribution in [3.8, 4) is 16.9 Å². The van der Waals surface area contributed by atoms with Crippen molar-refractivity contribution >= 4 is 33.5 Å². The van der Waals surface area contributed by atoms with Gasteiger partial charge in [0.2, 0.25) is 15.9 Å². The molecule has 0 radical (unpaired) electrons. The number of fused-ring (bicyclic) bond motifs is 3. The number of nitrogens with zero attached hydrogens (tertiary/aromatic N) is 3. The summed E-state index contributed by atoms with van der Waals surface area (Å²) in [4.78, 5) is 40.3. The zero-order valence-electron chi connectivity index (χ0n) is 29.2. The zero-order valence-corrected chi connectivity index (χ0v) is 30.1. The van der Waals surface area contributed by atoms with Crippen molar-refractivity contribution in [3.63, 3.8) is 0 Å². The largest absolute Gasteiger partial charge is 0.493 e. The molecular weight excluding hydrogens is 683 g/mol. The number of carbonyl (C=O) groups excluding carboxylic acids is 2. The van der Waals surface area contributed by atoms with Crippen LogP contribution >= 0.6 is 0 Å².